The number of hydrogen-bond donors (Lipinski definition) is 1. The van der Waals surface area contributed by atoms with Gasteiger partial charge in [-0.05, 0) is 6.42 Å². The first-order valence-electron chi connectivity index (χ1n) is 2.78. The van der Waals surface area contributed by atoms with Gasteiger partial charge < -0.3 is 12.0 Å². The highest BCUT2D eigenvalue weighted by Gasteiger charge is 1.91. The van der Waals surface area contributed by atoms with Crippen LogP contribution in [-0.4, -0.2) is 11.1 Å². The van der Waals surface area contributed by atoms with Crippen molar-refractivity contribution in [2.75, 3.05) is 0 Å². The maximum Gasteiger partial charge on any atom is 0.303 e. The van der Waals surface area contributed by atoms with Gasteiger partial charge in [-0.15, -0.1) is 0 Å². The van der Waals surface area contributed by atoms with Crippen LogP contribution in [-0.2, 0) is 4.79 Å². The molecule has 0 fully saturated rings. The van der Waals surface area contributed by atoms with Gasteiger partial charge in [-0.25, -0.2) is 0 Å². The lowest BCUT2D eigenvalue weighted by molar-refractivity contribution is -0.137. The topological polar surface area (TPSA) is 37.3 Å². The number of aliphatic carboxylic acids is 1. The third-order valence-corrected chi connectivity index (χ3v) is 0.891. The van der Waals surface area contributed by atoms with Crippen LogP contribution >= 0.6 is 0 Å². The number of rotatable bonds is 4. The zero-order chi connectivity index (χ0) is 6.41. The maximum atomic E-state index is 9.85. The second kappa shape index (κ2) is 4.62. The van der Waals surface area contributed by atoms with E-state index in [2.05, 4.69) is 6.92 Å². The minimum atomic E-state index is -0.710. The minimum absolute atomic E-state index is 0.287. The first-order chi connectivity index (χ1) is 3.77. The Morgan fingerprint density at radius 3 is 2.50 bits per heavy atom. The molecule has 0 bridgehead atoms. The second-order valence-electron chi connectivity index (χ2n) is 1.70. The predicted octanol–water partition coefficient (Wildman–Crippen LogP) is 1.47. The molecule has 1 N–H and O–H groups in total. The molecule has 0 rings (SSSR count). The van der Waals surface area contributed by atoms with Crippen LogP contribution in [0.4, 0.5) is 0 Å². The summed E-state index contributed by atoms with van der Waals surface area (Å²) >= 11 is 0. The van der Waals surface area contributed by atoms with Crippen LogP contribution in [0.15, 0.2) is 0 Å². The average Bonchev–Trinajstić information content (AvgIpc) is 1.66. The molecule has 0 aromatic rings. The predicted molar refractivity (Wildman–Crippen MR) is 31.5 cm³/mol. The molecular formula is C6H11O2-. The lowest BCUT2D eigenvalue weighted by Gasteiger charge is -1.93. The molecule has 0 amide bonds. The van der Waals surface area contributed by atoms with Crippen molar-refractivity contribution in [1.82, 2.24) is 0 Å². The molecule has 0 aliphatic heterocycles. The molecule has 0 unspecified atom stereocenters. The van der Waals surface area contributed by atoms with Gasteiger partial charge in [0.15, 0.2) is 0 Å². The molecule has 0 aromatic carbocycles. The Kier molecular flexibility index (Phi) is 4.32. The molecule has 2 nitrogen and oxygen atoms in total. The fourth-order valence-corrected chi connectivity index (χ4v) is 0.453. The van der Waals surface area contributed by atoms with Gasteiger partial charge in [-0.3, -0.25) is 4.79 Å². The van der Waals surface area contributed by atoms with Gasteiger partial charge in [0.2, 0.25) is 0 Å². The van der Waals surface area contributed by atoms with Crippen molar-refractivity contribution in [2.24, 2.45) is 0 Å². The van der Waals surface area contributed by atoms with Crippen molar-refractivity contribution in [1.29, 1.82) is 0 Å². The van der Waals surface area contributed by atoms with Crippen molar-refractivity contribution in [2.45, 2.75) is 25.7 Å². The molecule has 0 saturated heterocycles. The average molecular weight is 115 g/mol. The number of unbranched alkanes of at least 4 members (excludes halogenated alkanes) is 2. The van der Waals surface area contributed by atoms with E-state index in [1.165, 1.54) is 0 Å². The first kappa shape index (κ1) is 7.47. The van der Waals surface area contributed by atoms with Crippen molar-refractivity contribution in [3.05, 3.63) is 6.92 Å². The zero-order valence-corrected chi connectivity index (χ0v) is 4.89. The van der Waals surface area contributed by atoms with E-state index in [1.807, 2.05) is 0 Å². The Bertz CT molecular complexity index is 68.9. The van der Waals surface area contributed by atoms with Gasteiger partial charge in [-0.1, -0.05) is 6.42 Å². The van der Waals surface area contributed by atoms with Crippen LogP contribution in [0.5, 0.6) is 0 Å². The quantitative estimate of drug-likeness (QED) is 0.445. The fourth-order valence-electron chi connectivity index (χ4n) is 0.453. The van der Waals surface area contributed by atoms with Crippen molar-refractivity contribution >= 4 is 5.97 Å². The molecule has 0 spiro atoms. The molecule has 8 heavy (non-hydrogen) atoms. The summed E-state index contributed by atoms with van der Waals surface area (Å²) in [7, 11) is 0. The monoisotopic (exact) mass is 115 g/mol. The van der Waals surface area contributed by atoms with E-state index < -0.39 is 5.97 Å². The summed E-state index contributed by atoms with van der Waals surface area (Å²) in [6, 6.07) is 0. The smallest absolute Gasteiger partial charge is 0.303 e. The fraction of sp³-hybridized carbons (Fsp3) is 0.667. The van der Waals surface area contributed by atoms with Gasteiger partial charge in [0, 0.05) is 6.42 Å². The molecule has 0 aliphatic rings. The van der Waals surface area contributed by atoms with Gasteiger partial charge in [0.05, 0.1) is 0 Å². The summed E-state index contributed by atoms with van der Waals surface area (Å²) < 4.78 is 0. The molecule has 0 saturated carbocycles. The van der Waals surface area contributed by atoms with Crippen molar-refractivity contribution in [3.63, 3.8) is 0 Å². The highest BCUT2D eigenvalue weighted by Crippen LogP contribution is 1.96. The normalized spacial score (nSPS) is 9.12. The van der Waals surface area contributed by atoms with Gasteiger partial charge in [0.25, 0.3) is 0 Å². The Labute approximate surface area is 49.5 Å². The number of carboxylic acid groups (broad SMARTS) is 1. The van der Waals surface area contributed by atoms with Gasteiger partial charge >= 0.3 is 5.97 Å². The minimum Gasteiger partial charge on any atom is -0.481 e. The standard InChI is InChI=1S/C6H11O2/c1-2-3-4-5-6(7)8/h1-5H2,(H,7,8)/q-1. The molecule has 0 heterocycles. The summed E-state index contributed by atoms with van der Waals surface area (Å²) in [5.41, 5.74) is 0. The highest BCUT2D eigenvalue weighted by atomic mass is 16.4. The van der Waals surface area contributed by atoms with E-state index >= 15 is 0 Å². The highest BCUT2D eigenvalue weighted by molar-refractivity contribution is 5.66. The van der Waals surface area contributed by atoms with Crippen LogP contribution in [0, 0.1) is 6.92 Å². The largest absolute Gasteiger partial charge is 0.481 e. The Balaban J connectivity index is 2.82. The van der Waals surface area contributed by atoms with Crippen LogP contribution in [0.2, 0.25) is 0 Å². The summed E-state index contributed by atoms with van der Waals surface area (Å²) in [5, 5.41) is 8.12. The molecule has 0 aliphatic carbocycles. The summed E-state index contributed by atoms with van der Waals surface area (Å²) in [6.07, 6.45) is 2.81. The van der Waals surface area contributed by atoms with E-state index in [4.69, 9.17) is 5.11 Å². The lowest BCUT2D eigenvalue weighted by atomic mass is 10.2. The number of carboxylic acids is 1. The number of hydrogen-bond acceptors (Lipinski definition) is 1. The molecular weight excluding hydrogens is 104 g/mol. The summed E-state index contributed by atoms with van der Waals surface area (Å²) in [5.74, 6) is -0.710. The third kappa shape index (κ3) is 5.47. The molecule has 0 atom stereocenters. The Morgan fingerprint density at radius 1 is 1.50 bits per heavy atom. The van der Waals surface area contributed by atoms with E-state index in [0.717, 1.165) is 19.3 Å². The Morgan fingerprint density at radius 2 is 2.12 bits per heavy atom. The van der Waals surface area contributed by atoms with Crippen molar-refractivity contribution in [3.8, 4) is 0 Å². The number of carbonyl (C=O) groups is 1. The van der Waals surface area contributed by atoms with E-state index in [9.17, 15) is 4.79 Å². The van der Waals surface area contributed by atoms with E-state index in [0.29, 0.717) is 0 Å². The Hall–Kier alpha value is -0.530. The van der Waals surface area contributed by atoms with Crippen LogP contribution in [0.1, 0.15) is 25.7 Å². The van der Waals surface area contributed by atoms with Crippen molar-refractivity contribution < 1.29 is 9.90 Å². The van der Waals surface area contributed by atoms with Crippen LogP contribution in [0.25, 0.3) is 0 Å². The molecule has 0 aromatic heterocycles. The maximum absolute atomic E-state index is 9.85. The first-order valence-corrected chi connectivity index (χ1v) is 2.78. The van der Waals surface area contributed by atoms with Crippen LogP contribution < -0.4 is 0 Å². The summed E-state index contributed by atoms with van der Waals surface area (Å²) in [6.45, 7) is 3.59. The second-order valence-corrected chi connectivity index (χ2v) is 1.70. The third-order valence-electron chi connectivity index (χ3n) is 0.891. The SMILES string of the molecule is [CH2-]CCCCC(=O)O. The molecule has 2 heteroatoms. The summed E-state index contributed by atoms with van der Waals surface area (Å²) in [4.78, 5) is 9.85. The van der Waals surface area contributed by atoms with E-state index in [1.54, 1.807) is 0 Å². The van der Waals surface area contributed by atoms with Gasteiger partial charge in [-0.2, -0.15) is 6.42 Å². The van der Waals surface area contributed by atoms with Crippen LogP contribution in [0.3, 0.4) is 0 Å². The lowest BCUT2D eigenvalue weighted by Crippen LogP contribution is -1.92. The molecule has 48 valence electrons. The zero-order valence-electron chi connectivity index (χ0n) is 4.89. The van der Waals surface area contributed by atoms with E-state index in [-0.39, 0.29) is 6.42 Å². The molecule has 0 radical (unpaired) electrons. The van der Waals surface area contributed by atoms with Gasteiger partial charge in [0.1, 0.15) is 0 Å².